The summed E-state index contributed by atoms with van der Waals surface area (Å²) >= 11 is 0. The molecular weight excluding hydrogens is 282 g/mol. The molecule has 23 heavy (non-hydrogen) atoms. The lowest BCUT2D eigenvalue weighted by atomic mass is 9.96. The molecule has 0 saturated carbocycles. The van der Waals surface area contributed by atoms with Crippen molar-refractivity contribution < 1.29 is 0 Å². The van der Waals surface area contributed by atoms with E-state index in [9.17, 15) is 0 Å². The standard InChI is InChI=1S/C20H37N3/c1-3-4-5-6-7-8-9-10-13-22-14-11-20(12-15-22)18-23-17-19(2)16-21-23/h16-17,20H,3-15,18H2,1-2H3. The lowest BCUT2D eigenvalue weighted by Gasteiger charge is -2.31. The SMILES string of the molecule is CCCCCCCCCCN1CCC(Cn2cc(C)cn2)CC1. The monoisotopic (exact) mass is 319 g/mol. The molecule has 0 radical (unpaired) electrons. The lowest BCUT2D eigenvalue weighted by molar-refractivity contribution is 0.168. The van der Waals surface area contributed by atoms with Crippen LogP contribution in [0.5, 0.6) is 0 Å². The van der Waals surface area contributed by atoms with Crippen molar-refractivity contribution in [2.45, 2.75) is 84.6 Å². The summed E-state index contributed by atoms with van der Waals surface area (Å²) in [6.45, 7) is 9.43. The summed E-state index contributed by atoms with van der Waals surface area (Å²) < 4.78 is 2.13. The van der Waals surface area contributed by atoms with Crippen LogP contribution < -0.4 is 0 Å². The third-order valence-corrected chi connectivity index (χ3v) is 5.24. The molecule has 132 valence electrons. The van der Waals surface area contributed by atoms with E-state index in [0.717, 1.165) is 12.5 Å². The van der Waals surface area contributed by atoms with Gasteiger partial charge < -0.3 is 4.90 Å². The molecule has 1 aliphatic rings. The van der Waals surface area contributed by atoms with E-state index in [1.54, 1.807) is 0 Å². The second-order valence-corrected chi connectivity index (χ2v) is 7.50. The third-order valence-electron chi connectivity index (χ3n) is 5.24. The molecule has 0 bridgehead atoms. The predicted molar refractivity (Wildman–Crippen MR) is 98.7 cm³/mol. The van der Waals surface area contributed by atoms with Gasteiger partial charge in [0.25, 0.3) is 0 Å². The van der Waals surface area contributed by atoms with Gasteiger partial charge in [0, 0.05) is 12.7 Å². The fraction of sp³-hybridized carbons (Fsp3) is 0.850. The van der Waals surface area contributed by atoms with Gasteiger partial charge in [-0.15, -0.1) is 0 Å². The van der Waals surface area contributed by atoms with Crippen LogP contribution in [0.25, 0.3) is 0 Å². The Morgan fingerprint density at radius 1 is 1.00 bits per heavy atom. The highest BCUT2D eigenvalue weighted by Gasteiger charge is 2.19. The number of nitrogens with zero attached hydrogens (tertiary/aromatic N) is 3. The third kappa shape index (κ3) is 7.52. The van der Waals surface area contributed by atoms with Crippen LogP contribution in [-0.4, -0.2) is 34.3 Å². The highest BCUT2D eigenvalue weighted by Crippen LogP contribution is 2.19. The van der Waals surface area contributed by atoms with Gasteiger partial charge in [-0.2, -0.15) is 5.10 Å². The topological polar surface area (TPSA) is 21.1 Å². The van der Waals surface area contributed by atoms with Crippen molar-refractivity contribution in [2.24, 2.45) is 5.92 Å². The van der Waals surface area contributed by atoms with E-state index in [2.05, 4.69) is 34.7 Å². The molecular formula is C20H37N3. The van der Waals surface area contributed by atoms with Gasteiger partial charge in [0.1, 0.15) is 0 Å². The number of hydrogen-bond acceptors (Lipinski definition) is 2. The van der Waals surface area contributed by atoms with E-state index in [0.29, 0.717) is 0 Å². The van der Waals surface area contributed by atoms with Crippen molar-refractivity contribution in [3.8, 4) is 0 Å². The van der Waals surface area contributed by atoms with Crippen LogP contribution >= 0.6 is 0 Å². The maximum absolute atomic E-state index is 4.43. The van der Waals surface area contributed by atoms with E-state index >= 15 is 0 Å². The van der Waals surface area contributed by atoms with Crippen LogP contribution in [0.4, 0.5) is 0 Å². The van der Waals surface area contributed by atoms with E-state index in [1.807, 2.05) is 6.20 Å². The summed E-state index contributed by atoms with van der Waals surface area (Å²) in [5, 5.41) is 4.43. The van der Waals surface area contributed by atoms with Crippen molar-refractivity contribution in [3.05, 3.63) is 18.0 Å². The molecule has 0 spiro atoms. The molecule has 1 aromatic heterocycles. The van der Waals surface area contributed by atoms with E-state index < -0.39 is 0 Å². The van der Waals surface area contributed by atoms with Gasteiger partial charge in [0.05, 0.1) is 6.20 Å². The Kier molecular flexibility index (Phi) is 8.73. The average molecular weight is 320 g/mol. The van der Waals surface area contributed by atoms with Crippen LogP contribution in [-0.2, 0) is 6.54 Å². The second kappa shape index (κ2) is 10.9. The fourth-order valence-electron chi connectivity index (χ4n) is 3.69. The van der Waals surface area contributed by atoms with E-state index in [1.165, 1.54) is 89.4 Å². The van der Waals surface area contributed by atoms with Gasteiger partial charge in [-0.3, -0.25) is 4.68 Å². The molecule has 3 heteroatoms. The lowest BCUT2D eigenvalue weighted by Crippen LogP contribution is -2.35. The highest BCUT2D eigenvalue weighted by atomic mass is 15.3. The number of rotatable bonds is 11. The van der Waals surface area contributed by atoms with Gasteiger partial charge in [-0.05, 0) is 57.3 Å². The van der Waals surface area contributed by atoms with Crippen LogP contribution in [0.2, 0.25) is 0 Å². The van der Waals surface area contributed by atoms with E-state index in [4.69, 9.17) is 0 Å². The Labute approximate surface area is 143 Å². The largest absolute Gasteiger partial charge is 0.303 e. The summed E-state index contributed by atoms with van der Waals surface area (Å²) in [7, 11) is 0. The molecule has 0 aliphatic carbocycles. The molecule has 0 amide bonds. The number of hydrogen-bond donors (Lipinski definition) is 0. The molecule has 0 unspecified atom stereocenters. The van der Waals surface area contributed by atoms with E-state index in [-0.39, 0.29) is 0 Å². The number of unbranched alkanes of at least 4 members (excludes halogenated alkanes) is 7. The zero-order valence-corrected chi connectivity index (χ0v) is 15.5. The molecule has 1 aliphatic heterocycles. The minimum atomic E-state index is 0.823. The van der Waals surface area contributed by atoms with Crippen LogP contribution in [0.1, 0.15) is 76.7 Å². The summed E-state index contributed by atoms with van der Waals surface area (Å²) in [6.07, 6.45) is 18.2. The summed E-state index contributed by atoms with van der Waals surface area (Å²) in [6, 6.07) is 0. The van der Waals surface area contributed by atoms with Gasteiger partial charge in [0.15, 0.2) is 0 Å². The number of aromatic nitrogens is 2. The second-order valence-electron chi connectivity index (χ2n) is 7.50. The van der Waals surface area contributed by atoms with Crippen molar-refractivity contribution in [1.29, 1.82) is 0 Å². The molecule has 1 aromatic rings. The molecule has 0 aromatic carbocycles. The molecule has 0 N–H and O–H groups in total. The Morgan fingerprint density at radius 3 is 2.26 bits per heavy atom. The molecule has 2 rings (SSSR count). The number of aryl methyl sites for hydroxylation is 1. The molecule has 1 saturated heterocycles. The predicted octanol–water partition coefficient (Wildman–Crippen LogP) is 5.04. The summed E-state index contributed by atoms with van der Waals surface area (Å²) in [5.74, 6) is 0.823. The normalized spacial score (nSPS) is 17.0. The van der Waals surface area contributed by atoms with Crippen molar-refractivity contribution in [3.63, 3.8) is 0 Å². The van der Waals surface area contributed by atoms with Crippen molar-refractivity contribution in [1.82, 2.24) is 14.7 Å². The fourth-order valence-corrected chi connectivity index (χ4v) is 3.69. The highest BCUT2D eigenvalue weighted by molar-refractivity contribution is 4.99. The van der Waals surface area contributed by atoms with Crippen molar-refractivity contribution in [2.75, 3.05) is 19.6 Å². The zero-order chi connectivity index (χ0) is 16.3. The van der Waals surface area contributed by atoms with Crippen molar-refractivity contribution >= 4 is 0 Å². The first kappa shape index (κ1) is 18.5. The van der Waals surface area contributed by atoms with Crippen LogP contribution in [0.3, 0.4) is 0 Å². The quantitative estimate of drug-likeness (QED) is 0.533. The minimum absolute atomic E-state index is 0.823. The maximum atomic E-state index is 4.43. The zero-order valence-electron chi connectivity index (χ0n) is 15.5. The first-order valence-corrected chi connectivity index (χ1v) is 9.99. The Morgan fingerprint density at radius 2 is 1.65 bits per heavy atom. The maximum Gasteiger partial charge on any atom is 0.0518 e. The van der Waals surface area contributed by atoms with Gasteiger partial charge in [0.2, 0.25) is 0 Å². The molecule has 3 nitrogen and oxygen atoms in total. The smallest absolute Gasteiger partial charge is 0.0518 e. The molecule has 0 atom stereocenters. The Balaban J connectivity index is 1.47. The number of likely N-dealkylation sites (tertiary alicyclic amines) is 1. The molecule has 2 heterocycles. The summed E-state index contributed by atoms with van der Waals surface area (Å²) in [5.41, 5.74) is 1.28. The molecule has 1 fully saturated rings. The average Bonchev–Trinajstić information content (AvgIpc) is 2.96. The van der Waals surface area contributed by atoms with Gasteiger partial charge in [-0.1, -0.05) is 51.9 Å². The van der Waals surface area contributed by atoms with Gasteiger partial charge >= 0.3 is 0 Å². The van der Waals surface area contributed by atoms with Crippen LogP contribution in [0.15, 0.2) is 12.4 Å². The van der Waals surface area contributed by atoms with Gasteiger partial charge in [-0.25, -0.2) is 0 Å². The first-order valence-electron chi connectivity index (χ1n) is 9.99. The Bertz CT molecular complexity index is 405. The summed E-state index contributed by atoms with van der Waals surface area (Å²) in [4.78, 5) is 2.68. The first-order chi connectivity index (χ1) is 11.3. The Hall–Kier alpha value is -0.830. The van der Waals surface area contributed by atoms with Crippen LogP contribution in [0, 0.1) is 12.8 Å². The minimum Gasteiger partial charge on any atom is -0.303 e. The number of piperidine rings is 1.